The van der Waals surface area contributed by atoms with Gasteiger partial charge in [0.1, 0.15) is 0 Å². The van der Waals surface area contributed by atoms with E-state index in [2.05, 4.69) is 51.6 Å². The zero-order valence-corrected chi connectivity index (χ0v) is 11.7. The Bertz CT molecular complexity index is 695. The Balaban J connectivity index is 2.28. The van der Waals surface area contributed by atoms with E-state index < -0.39 is 0 Å². The van der Waals surface area contributed by atoms with Crippen LogP contribution in [-0.4, -0.2) is 0 Å². The fourth-order valence-electron chi connectivity index (χ4n) is 3.17. The molecule has 1 nitrogen and oxygen atoms in total. The van der Waals surface area contributed by atoms with Crippen LogP contribution in [0.4, 0.5) is 5.69 Å². The summed E-state index contributed by atoms with van der Waals surface area (Å²) in [6, 6.07) is 8.51. The lowest BCUT2D eigenvalue weighted by Crippen LogP contribution is -1.96. The smallest absolute Gasteiger partial charge is 0.0382 e. The van der Waals surface area contributed by atoms with E-state index >= 15 is 0 Å². The highest BCUT2D eigenvalue weighted by Gasteiger charge is 2.36. The minimum Gasteiger partial charge on any atom is -0.398 e. The van der Waals surface area contributed by atoms with E-state index in [-0.39, 0.29) is 0 Å². The predicted molar refractivity (Wildman–Crippen MR) is 83.4 cm³/mol. The molecule has 3 rings (SSSR count). The van der Waals surface area contributed by atoms with Gasteiger partial charge in [0.15, 0.2) is 0 Å². The predicted octanol–water partition coefficient (Wildman–Crippen LogP) is 4.66. The first-order chi connectivity index (χ1) is 9.06. The number of anilines is 1. The van der Waals surface area contributed by atoms with Crippen LogP contribution in [0.1, 0.15) is 40.7 Å². The highest BCUT2D eigenvalue weighted by Crippen LogP contribution is 2.54. The summed E-state index contributed by atoms with van der Waals surface area (Å²) in [5.74, 6) is 0.554. The topological polar surface area (TPSA) is 26.0 Å². The molecule has 1 aliphatic rings. The minimum atomic E-state index is 0.554. The summed E-state index contributed by atoms with van der Waals surface area (Å²) in [7, 11) is 0. The van der Waals surface area contributed by atoms with E-state index in [0.29, 0.717) is 5.92 Å². The van der Waals surface area contributed by atoms with Crippen LogP contribution in [0.5, 0.6) is 0 Å². The number of nitrogens with two attached hydrogens (primary N) is 1. The van der Waals surface area contributed by atoms with Crippen molar-refractivity contribution in [1.82, 2.24) is 0 Å². The van der Waals surface area contributed by atoms with Gasteiger partial charge in [-0.25, -0.2) is 0 Å². The summed E-state index contributed by atoms with van der Waals surface area (Å²) >= 11 is 0. The molecule has 1 unspecified atom stereocenters. The molecule has 19 heavy (non-hydrogen) atoms. The Kier molecular flexibility index (Phi) is 2.53. The Morgan fingerprint density at radius 1 is 1.16 bits per heavy atom. The van der Waals surface area contributed by atoms with Gasteiger partial charge in [-0.3, -0.25) is 0 Å². The highest BCUT2D eigenvalue weighted by molar-refractivity contribution is 5.87. The summed E-state index contributed by atoms with van der Waals surface area (Å²) in [5, 5.41) is 0. The summed E-state index contributed by atoms with van der Waals surface area (Å²) in [4.78, 5) is 0. The lowest BCUT2D eigenvalue weighted by Gasteiger charge is -2.11. The van der Waals surface area contributed by atoms with E-state index in [1.807, 2.05) is 6.08 Å². The summed E-state index contributed by atoms with van der Waals surface area (Å²) in [6.07, 6.45) is 1.89. The van der Waals surface area contributed by atoms with Crippen LogP contribution >= 0.6 is 0 Å². The molecule has 0 amide bonds. The van der Waals surface area contributed by atoms with Gasteiger partial charge in [-0.15, -0.1) is 0 Å². The van der Waals surface area contributed by atoms with Crippen molar-refractivity contribution in [3.8, 4) is 11.1 Å². The first-order valence-electron chi connectivity index (χ1n) is 6.71. The number of hydrogen-bond donors (Lipinski definition) is 1. The van der Waals surface area contributed by atoms with Crippen molar-refractivity contribution in [3.05, 3.63) is 58.7 Å². The normalized spacial score (nSPS) is 16.1. The van der Waals surface area contributed by atoms with Gasteiger partial charge in [0, 0.05) is 11.6 Å². The van der Waals surface area contributed by atoms with E-state index in [0.717, 1.165) is 11.3 Å². The monoisotopic (exact) mass is 249 g/mol. The van der Waals surface area contributed by atoms with E-state index in [1.165, 1.54) is 33.4 Å². The van der Waals surface area contributed by atoms with Crippen molar-refractivity contribution in [3.63, 3.8) is 0 Å². The lowest BCUT2D eigenvalue weighted by atomic mass is 9.95. The largest absolute Gasteiger partial charge is 0.398 e. The highest BCUT2D eigenvalue weighted by atomic mass is 14.6. The molecule has 0 radical (unpaired) electrons. The van der Waals surface area contributed by atoms with Gasteiger partial charge in [-0.1, -0.05) is 37.8 Å². The molecule has 0 bridgehead atoms. The Labute approximate surface area is 114 Å². The van der Waals surface area contributed by atoms with Crippen molar-refractivity contribution < 1.29 is 0 Å². The molecular weight excluding hydrogens is 230 g/mol. The molecule has 0 fully saturated rings. The van der Waals surface area contributed by atoms with Gasteiger partial charge >= 0.3 is 0 Å². The number of fused-ring (bicyclic) bond motifs is 1. The second kappa shape index (κ2) is 3.99. The molecule has 1 heteroatoms. The van der Waals surface area contributed by atoms with E-state index in [4.69, 9.17) is 5.73 Å². The summed E-state index contributed by atoms with van der Waals surface area (Å²) in [5.41, 5.74) is 16.3. The van der Waals surface area contributed by atoms with E-state index in [9.17, 15) is 0 Å². The van der Waals surface area contributed by atoms with Crippen molar-refractivity contribution in [1.29, 1.82) is 0 Å². The third-order valence-corrected chi connectivity index (χ3v) is 4.34. The second-order valence-corrected chi connectivity index (χ2v) is 5.42. The zero-order valence-electron chi connectivity index (χ0n) is 11.7. The quantitative estimate of drug-likeness (QED) is 0.770. The molecule has 2 aromatic rings. The fraction of sp³-hybridized carbons (Fsp3) is 0.222. The van der Waals surface area contributed by atoms with Crippen molar-refractivity contribution in [2.24, 2.45) is 0 Å². The van der Waals surface area contributed by atoms with Crippen LogP contribution in [0, 0.1) is 13.8 Å². The number of nitrogen functional groups attached to an aromatic ring is 1. The summed E-state index contributed by atoms with van der Waals surface area (Å²) < 4.78 is 0. The van der Waals surface area contributed by atoms with Gasteiger partial charge < -0.3 is 5.73 Å². The third-order valence-electron chi connectivity index (χ3n) is 4.34. The molecule has 0 heterocycles. The SMILES string of the molecule is C=Cc1cccc(-c2c(C)c(N)c(C)c3c2C3C)c1. The number of benzene rings is 2. The van der Waals surface area contributed by atoms with Gasteiger partial charge in [0.25, 0.3) is 0 Å². The average Bonchev–Trinajstić information content (AvgIpc) is 3.08. The molecule has 1 atom stereocenters. The van der Waals surface area contributed by atoms with E-state index in [1.54, 1.807) is 0 Å². The van der Waals surface area contributed by atoms with Crippen LogP contribution in [0.15, 0.2) is 30.8 Å². The standard InChI is InChI=1S/C18H19N/c1-5-13-7-6-8-14(9-13)16-12(4)18(19)11(3)15-10(2)17(15)16/h5-10H,1,19H2,2-4H3. The first-order valence-corrected chi connectivity index (χ1v) is 6.71. The van der Waals surface area contributed by atoms with Crippen molar-refractivity contribution in [2.45, 2.75) is 26.7 Å². The molecule has 96 valence electrons. The average molecular weight is 249 g/mol. The van der Waals surface area contributed by atoms with Crippen molar-refractivity contribution >= 4 is 11.8 Å². The molecule has 0 aromatic heterocycles. The van der Waals surface area contributed by atoms with Crippen molar-refractivity contribution in [2.75, 3.05) is 5.73 Å². The maximum Gasteiger partial charge on any atom is 0.0382 e. The first kappa shape index (κ1) is 12.0. The van der Waals surface area contributed by atoms with Crippen LogP contribution < -0.4 is 5.73 Å². The third kappa shape index (κ3) is 1.61. The Hall–Kier alpha value is -2.02. The van der Waals surface area contributed by atoms with Gasteiger partial charge in [0.2, 0.25) is 0 Å². The lowest BCUT2D eigenvalue weighted by molar-refractivity contribution is 1.13. The molecule has 1 aliphatic carbocycles. The van der Waals surface area contributed by atoms with Crippen LogP contribution in [0.2, 0.25) is 0 Å². The minimum absolute atomic E-state index is 0.554. The Morgan fingerprint density at radius 3 is 2.58 bits per heavy atom. The van der Waals surface area contributed by atoms with Crippen LogP contribution in [0.25, 0.3) is 17.2 Å². The molecule has 0 saturated carbocycles. The molecule has 0 spiro atoms. The molecule has 2 N–H and O–H groups in total. The Morgan fingerprint density at radius 2 is 1.89 bits per heavy atom. The van der Waals surface area contributed by atoms with Gasteiger partial charge in [-0.2, -0.15) is 0 Å². The molecule has 0 saturated heterocycles. The molecular formula is C18H19N. The second-order valence-electron chi connectivity index (χ2n) is 5.42. The number of hydrogen-bond acceptors (Lipinski definition) is 1. The maximum absolute atomic E-state index is 6.27. The number of rotatable bonds is 2. The van der Waals surface area contributed by atoms with Crippen LogP contribution in [0.3, 0.4) is 0 Å². The zero-order chi connectivity index (χ0) is 13.7. The van der Waals surface area contributed by atoms with Crippen LogP contribution in [-0.2, 0) is 0 Å². The van der Waals surface area contributed by atoms with Gasteiger partial charge in [0.05, 0.1) is 0 Å². The molecule has 2 aromatic carbocycles. The molecule has 0 aliphatic heterocycles. The maximum atomic E-state index is 6.27. The van der Waals surface area contributed by atoms with Gasteiger partial charge in [-0.05, 0) is 58.9 Å². The fourth-order valence-corrected chi connectivity index (χ4v) is 3.17. The summed E-state index contributed by atoms with van der Waals surface area (Å²) in [6.45, 7) is 10.4.